The summed E-state index contributed by atoms with van der Waals surface area (Å²) >= 11 is 0. The Kier molecular flexibility index (Phi) is 6.00. The number of carbonyl (C=O) groups is 1. The Balaban J connectivity index is 2.04. The zero-order chi connectivity index (χ0) is 19.4. The number of hydrogen-bond acceptors (Lipinski definition) is 1. The van der Waals surface area contributed by atoms with Gasteiger partial charge in [0.1, 0.15) is 0 Å². The van der Waals surface area contributed by atoms with Gasteiger partial charge in [0.05, 0.1) is 0 Å². The molecule has 1 heterocycles. The van der Waals surface area contributed by atoms with Crippen molar-refractivity contribution in [3.63, 3.8) is 0 Å². The smallest absolute Gasteiger partial charge is 0.221 e. The molecule has 27 heavy (non-hydrogen) atoms. The van der Waals surface area contributed by atoms with Crippen molar-refractivity contribution in [3.8, 4) is 0 Å². The summed E-state index contributed by atoms with van der Waals surface area (Å²) in [7, 11) is 0. The van der Waals surface area contributed by atoms with Crippen molar-refractivity contribution in [2.75, 3.05) is 0 Å². The average Bonchev–Trinajstić information content (AvgIpc) is 3.05. The van der Waals surface area contributed by atoms with E-state index in [0.717, 1.165) is 13.0 Å². The van der Waals surface area contributed by atoms with Crippen molar-refractivity contribution in [2.24, 2.45) is 0 Å². The summed E-state index contributed by atoms with van der Waals surface area (Å²) < 4.78 is 2.28. The highest BCUT2D eigenvalue weighted by atomic mass is 16.1. The van der Waals surface area contributed by atoms with E-state index in [9.17, 15) is 4.79 Å². The predicted molar refractivity (Wildman–Crippen MR) is 113 cm³/mol. The van der Waals surface area contributed by atoms with Gasteiger partial charge in [0.2, 0.25) is 5.91 Å². The topological polar surface area (TPSA) is 34.0 Å². The molecule has 3 rings (SSSR count). The van der Waals surface area contributed by atoms with Crippen LogP contribution in [-0.4, -0.2) is 16.5 Å². The van der Waals surface area contributed by atoms with Crippen LogP contribution in [-0.2, 0) is 11.3 Å². The molecule has 0 saturated heterocycles. The number of amides is 1. The Morgan fingerprint density at radius 2 is 1.78 bits per heavy atom. The molecule has 2 atom stereocenters. The number of carbonyl (C=O) groups excluding carboxylic acids is 1. The van der Waals surface area contributed by atoms with Crippen LogP contribution in [0.1, 0.15) is 56.2 Å². The van der Waals surface area contributed by atoms with Crippen LogP contribution in [0, 0.1) is 6.92 Å². The van der Waals surface area contributed by atoms with Gasteiger partial charge in [-0.05, 0) is 44.4 Å². The number of fused-ring (bicyclic) bond motifs is 1. The normalized spacial score (nSPS) is 13.5. The van der Waals surface area contributed by atoms with Crippen LogP contribution < -0.4 is 5.32 Å². The molecule has 3 heteroatoms. The Labute approximate surface area is 162 Å². The van der Waals surface area contributed by atoms with Crippen LogP contribution in [0.2, 0.25) is 0 Å². The minimum atomic E-state index is 0.0485. The number of nitrogens with zero attached hydrogens (tertiary/aromatic N) is 1. The van der Waals surface area contributed by atoms with Crippen LogP contribution in [0.25, 0.3) is 10.9 Å². The molecule has 0 saturated carbocycles. The molecule has 3 nitrogen and oxygen atoms in total. The molecule has 0 unspecified atom stereocenters. The minimum absolute atomic E-state index is 0.0485. The number of rotatable bonds is 7. The number of aromatic nitrogens is 1. The SMILES string of the molecule is CC[C@H](C)NC(=O)C[C@H](c1ccc(C)cc1)c1cn(CC)c2ccccc12. The number of benzene rings is 2. The van der Waals surface area contributed by atoms with Crippen LogP contribution in [0.5, 0.6) is 0 Å². The first-order chi connectivity index (χ1) is 13.0. The monoisotopic (exact) mass is 362 g/mol. The summed E-state index contributed by atoms with van der Waals surface area (Å²) in [5, 5.41) is 4.37. The number of hydrogen-bond donors (Lipinski definition) is 1. The molecule has 0 fully saturated rings. The molecule has 0 bridgehead atoms. The van der Waals surface area contributed by atoms with Crippen molar-refractivity contribution >= 4 is 16.8 Å². The van der Waals surface area contributed by atoms with Gasteiger partial charge in [-0.3, -0.25) is 4.79 Å². The van der Waals surface area contributed by atoms with E-state index < -0.39 is 0 Å². The number of aryl methyl sites for hydroxylation is 2. The number of nitrogens with one attached hydrogen (secondary N) is 1. The third kappa shape index (κ3) is 4.24. The van der Waals surface area contributed by atoms with Crippen molar-refractivity contribution in [2.45, 2.75) is 59.0 Å². The summed E-state index contributed by atoms with van der Waals surface area (Å²) in [6.07, 6.45) is 3.63. The fourth-order valence-electron chi connectivity index (χ4n) is 3.64. The molecule has 0 radical (unpaired) electrons. The van der Waals surface area contributed by atoms with E-state index in [2.05, 4.69) is 92.3 Å². The Bertz CT molecular complexity index is 908. The second-order valence-corrected chi connectivity index (χ2v) is 7.43. The first-order valence-electron chi connectivity index (χ1n) is 9.97. The van der Waals surface area contributed by atoms with E-state index in [-0.39, 0.29) is 17.9 Å². The van der Waals surface area contributed by atoms with Gasteiger partial charge in [0.25, 0.3) is 0 Å². The number of para-hydroxylation sites is 1. The molecule has 0 aliphatic rings. The molecule has 0 aliphatic carbocycles. The zero-order valence-electron chi connectivity index (χ0n) is 16.8. The fraction of sp³-hybridized carbons (Fsp3) is 0.375. The van der Waals surface area contributed by atoms with E-state index in [1.54, 1.807) is 0 Å². The van der Waals surface area contributed by atoms with Crippen LogP contribution in [0.15, 0.2) is 54.7 Å². The first-order valence-corrected chi connectivity index (χ1v) is 9.97. The third-order valence-corrected chi connectivity index (χ3v) is 5.42. The molecule has 0 spiro atoms. The van der Waals surface area contributed by atoms with Crippen LogP contribution in [0.3, 0.4) is 0 Å². The van der Waals surface area contributed by atoms with Gasteiger partial charge in [0.15, 0.2) is 0 Å². The van der Waals surface area contributed by atoms with E-state index in [4.69, 9.17) is 0 Å². The van der Waals surface area contributed by atoms with Crippen molar-refractivity contribution in [1.82, 2.24) is 9.88 Å². The Morgan fingerprint density at radius 3 is 2.44 bits per heavy atom. The summed E-state index contributed by atoms with van der Waals surface area (Å²) in [5.74, 6) is 0.163. The summed E-state index contributed by atoms with van der Waals surface area (Å²) in [5.41, 5.74) is 4.89. The highest BCUT2D eigenvalue weighted by Crippen LogP contribution is 2.35. The van der Waals surface area contributed by atoms with Gasteiger partial charge in [0, 0.05) is 42.0 Å². The lowest BCUT2D eigenvalue weighted by Crippen LogP contribution is -2.33. The van der Waals surface area contributed by atoms with Gasteiger partial charge in [-0.15, -0.1) is 0 Å². The highest BCUT2D eigenvalue weighted by molar-refractivity contribution is 5.86. The van der Waals surface area contributed by atoms with Crippen LogP contribution in [0.4, 0.5) is 0 Å². The predicted octanol–water partition coefficient (Wildman–Crippen LogP) is 5.41. The van der Waals surface area contributed by atoms with Crippen LogP contribution >= 0.6 is 0 Å². The molecule has 142 valence electrons. The quantitative estimate of drug-likeness (QED) is 0.599. The molecule has 2 aromatic carbocycles. The molecule has 0 aliphatic heterocycles. The molecule has 1 aromatic heterocycles. The largest absolute Gasteiger partial charge is 0.354 e. The Hall–Kier alpha value is -2.55. The second kappa shape index (κ2) is 8.43. The first kappa shape index (κ1) is 19.2. The molecular weight excluding hydrogens is 332 g/mol. The summed E-state index contributed by atoms with van der Waals surface area (Å²) in [4.78, 5) is 12.7. The zero-order valence-corrected chi connectivity index (χ0v) is 16.8. The van der Waals surface area contributed by atoms with E-state index in [1.165, 1.54) is 27.6 Å². The van der Waals surface area contributed by atoms with E-state index >= 15 is 0 Å². The lowest BCUT2D eigenvalue weighted by atomic mass is 9.87. The van der Waals surface area contributed by atoms with E-state index in [0.29, 0.717) is 6.42 Å². The van der Waals surface area contributed by atoms with Gasteiger partial charge in [-0.25, -0.2) is 0 Å². The summed E-state index contributed by atoms with van der Waals surface area (Å²) in [6.45, 7) is 9.32. The maximum Gasteiger partial charge on any atom is 0.221 e. The minimum Gasteiger partial charge on any atom is -0.354 e. The lowest BCUT2D eigenvalue weighted by Gasteiger charge is -2.19. The Morgan fingerprint density at radius 1 is 1.07 bits per heavy atom. The standard InChI is InChI=1S/C24H30N2O/c1-5-18(4)25-24(27)15-21(19-13-11-17(3)12-14-19)22-16-26(6-2)23-10-8-7-9-20(22)23/h7-14,16,18,21H,5-6,15H2,1-4H3,(H,25,27)/t18-,21+/m0/s1. The maximum absolute atomic E-state index is 12.7. The summed E-state index contributed by atoms with van der Waals surface area (Å²) in [6, 6.07) is 17.3. The molecular formula is C24H30N2O. The fourth-order valence-corrected chi connectivity index (χ4v) is 3.64. The van der Waals surface area contributed by atoms with Gasteiger partial charge < -0.3 is 9.88 Å². The molecule has 3 aromatic rings. The van der Waals surface area contributed by atoms with E-state index in [1.807, 2.05) is 0 Å². The second-order valence-electron chi connectivity index (χ2n) is 7.43. The van der Waals surface area contributed by atoms with Gasteiger partial charge in [-0.2, -0.15) is 0 Å². The highest BCUT2D eigenvalue weighted by Gasteiger charge is 2.23. The van der Waals surface area contributed by atoms with Crippen molar-refractivity contribution < 1.29 is 4.79 Å². The van der Waals surface area contributed by atoms with Gasteiger partial charge in [-0.1, -0.05) is 55.0 Å². The molecule has 1 N–H and O–H groups in total. The lowest BCUT2D eigenvalue weighted by molar-refractivity contribution is -0.121. The molecule has 1 amide bonds. The average molecular weight is 363 g/mol. The van der Waals surface area contributed by atoms with Crippen molar-refractivity contribution in [3.05, 3.63) is 71.4 Å². The maximum atomic E-state index is 12.7. The van der Waals surface area contributed by atoms with Crippen molar-refractivity contribution in [1.29, 1.82) is 0 Å². The van der Waals surface area contributed by atoms with Gasteiger partial charge >= 0.3 is 0 Å². The third-order valence-electron chi connectivity index (χ3n) is 5.42.